The van der Waals surface area contributed by atoms with Crippen LogP contribution < -0.4 is 10.7 Å². The molecule has 0 aliphatic carbocycles. The van der Waals surface area contributed by atoms with Gasteiger partial charge in [0.15, 0.2) is 5.43 Å². The van der Waals surface area contributed by atoms with E-state index in [1.165, 1.54) is 11.3 Å². The van der Waals surface area contributed by atoms with Crippen LogP contribution in [0, 0.1) is 0 Å². The van der Waals surface area contributed by atoms with E-state index in [2.05, 4.69) is 15.3 Å². The van der Waals surface area contributed by atoms with Gasteiger partial charge in [-0.05, 0) is 42.0 Å². The zero-order valence-corrected chi connectivity index (χ0v) is 17.7. The van der Waals surface area contributed by atoms with E-state index >= 15 is 0 Å². The fraction of sp³-hybridized carbons (Fsp3) is 0.0417. The van der Waals surface area contributed by atoms with E-state index in [0.29, 0.717) is 27.1 Å². The van der Waals surface area contributed by atoms with Crippen LogP contribution in [0.25, 0.3) is 21.1 Å². The normalized spacial score (nSPS) is 12.2. The molecule has 2 N–H and O–H groups in total. The predicted molar refractivity (Wildman–Crippen MR) is 125 cm³/mol. The van der Waals surface area contributed by atoms with E-state index in [1.54, 1.807) is 42.0 Å². The van der Waals surface area contributed by atoms with Gasteiger partial charge in [-0.3, -0.25) is 9.59 Å². The Morgan fingerprint density at radius 1 is 1.06 bits per heavy atom. The average Bonchev–Trinajstić information content (AvgIpc) is 3.26. The minimum Gasteiger partial charge on any atom is -0.361 e. The van der Waals surface area contributed by atoms with Crippen molar-refractivity contribution in [2.75, 3.05) is 0 Å². The first-order valence-electron chi connectivity index (χ1n) is 9.60. The molecule has 0 saturated carbocycles. The number of carbonyl (C=O) groups is 1. The Morgan fingerprint density at radius 2 is 1.90 bits per heavy atom. The Balaban J connectivity index is 1.59. The minimum atomic E-state index is -0.622. The summed E-state index contributed by atoms with van der Waals surface area (Å²) >= 11 is 7.58. The molecule has 5 aromatic rings. The molecule has 2 heterocycles. The number of hydrogen-bond donors (Lipinski definition) is 2. The Bertz CT molecular complexity index is 1480. The number of nitrogens with one attached hydrogen (secondary N) is 2. The van der Waals surface area contributed by atoms with Crippen LogP contribution in [0.3, 0.4) is 0 Å². The maximum absolute atomic E-state index is 13.3. The van der Waals surface area contributed by atoms with Crippen LogP contribution in [0.5, 0.6) is 0 Å². The first-order valence-corrected chi connectivity index (χ1v) is 10.9. The minimum absolute atomic E-state index is 0.158. The van der Waals surface area contributed by atoms with E-state index in [9.17, 15) is 9.59 Å². The molecule has 0 spiro atoms. The molecule has 152 valence electrons. The Hall–Kier alpha value is -3.48. The number of fused-ring (bicyclic) bond motifs is 2. The standard InChI is InChI=1S/C24H16ClN3O2S/c25-16-7-8-17-19(11-16)26-12-18(23(17)29)22(14-4-2-1-3-5-14)28-24(30)15-6-9-21-20(10-15)27-13-31-21/h1-13,22H,(H,26,29)(H,28,30). The summed E-state index contributed by atoms with van der Waals surface area (Å²) < 4.78 is 1.01. The first kappa shape index (κ1) is 19.5. The fourth-order valence-corrected chi connectivity index (χ4v) is 4.46. The molecule has 2 aromatic heterocycles. The number of rotatable bonds is 4. The van der Waals surface area contributed by atoms with Crippen molar-refractivity contribution in [1.82, 2.24) is 15.3 Å². The van der Waals surface area contributed by atoms with E-state index in [1.807, 2.05) is 36.4 Å². The van der Waals surface area contributed by atoms with Gasteiger partial charge in [0.25, 0.3) is 5.91 Å². The Labute approximate surface area is 186 Å². The summed E-state index contributed by atoms with van der Waals surface area (Å²) in [6.07, 6.45) is 1.64. The lowest BCUT2D eigenvalue weighted by Crippen LogP contribution is -2.32. The van der Waals surface area contributed by atoms with Gasteiger partial charge in [0.05, 0.1) is 27.3 Å². The molecule has 5 rings (SSSR count). The zero-order chi connectivity index (χ0) is 21.4. The van der Waals surface area contributed by atoms with Gasteiger partial charge in [0, 0.05) is 27.7 Å². The summed E-state index contributed by atoms with van der Waals surface area (Å²) in [5.41, 5.74) is 4.76. The van der Waals surface area contributed by atoms with Crippen LogP contribution in [0.1, 0.15) is 27.5 Å². The summed E-state index contributed by atoms with van der Waals surface area (Å²) in [5, 5.41) is 4.09. The van der Waals surface area contributed by atoms with Gasteiger partial charge in [-0.25, -0.2) is 4.98 Å². The number of hydrogen-bond acceptors (Lipinski definition) is 4. The zero-order valence-electron chi connectivity index (χ0n) is 16.1. The van der Waals surface area contributed by atoms with Gasteiger partial charge in [-0.2, -0.15) is 0 Å². The largest absolute Gasteiger partial charge is 0.361 e. The molecule has 0 radical (unpaired) electrons. The first-order chi connectivity index (χ1) is 15.1. The van der Waals surface area contributed by atoms with Crippen molar-refractivity contribution < 1.29 is 4.79 Å². The summed E-state index contributed by atoms with van der Waals surface area (Å²) in [7, 11) is 0. The van der Waals surface area contributed by atoms with Crippen molar-refractivity contribution >= 4 is 50.0 Å². The van der Waals surface area contributed by atoms with Crippen LogP contribution in [0.4, 0.5) is 0 Å². The lowest BCUT2D eigenvalue weighted by Gasteiger charge is -2.20. The summed E-state index contributed by atoms with van der Waals surface area (Å²) in [6.45, 7) is 0. The van der Waals surface area contributed by atoms with Crippen molar-refractivity contribution in [2.24, 2.45) is 0 Å². The van der Waals surface area contributed by atoms with Crippen LogP contribution in [0.15, 0.2) is 83.2 Å². The van der Waals surface area contributed by atoms with Gasteiger partial charge >= 0.3 is 0 Å². The number of thiazole rings is 1. The maximum atomic E-state index is 13.3. The van der Waals surface area contributed by atoms with Gasteiger partial charge in [-0.1, -0.05) is 41.9 Å². The number of amides is 1. The maximum Gasteiger partial charge on any atom is 0.252 e. The number of H-pyrrole nitrogens is 1. The van der Waals surface area contributed by atoms with E-state index in [0.717, 1.165) is 15.8 Å². The third kappa shape index (κ3) is 3.71. The molecule has 0 bridgehead atoms. The van der Waals surface area contributed by atoms with Gasteiger partial charge in [0.1, 0.15) is 0 Å². The van der Waals surface area contributed by atoms with Crippen molar-refractivity contribution in [2.45, 2.75) is 6.04 Å². The Kier molecular flexibility index (Phi) is 5.02. The van der Waals surface area contributed by atoms with Crippen LogP contribution >= 0.6 is 22.9 Å². The molecule has 31 heavy (non-hydrogen) atoms. The second-order valence-corrected chi connectivity index (χ2v) is 8.44. The second-order valence-electron chi connectivity index (χ2n) is 7.12. The predicted octanol–water partition coefficient (Wildman–Crippen LogP) is 5.31. The molecule has 3 aromatic carbocycles. The molecule has 0 saturated heterocycles. The smallest absolute Gasteiger partial charge is 0.252 e. The summed E-state index contributed by atoms with van der Waals surface area (Å²) in [5.74, 6) is -0.278. The topological polar surface area (TPSA) is 74.8 Å². The number of pyridine rings is 1. The number of nitrogens with zero attached hydrogens (tertiary/aromatic N) is 1. The van der Waals surface area contributed by atoms with Crippen LogP contribution in [-0.2, 0) is 0 Å². The summed E-state index contributed by atoms with van der Waals surface area (Å²) in [4.78, 5) is 33.8. The van der Waals surface area contributed by atoms with Crippen molar-refractivity contribution in [3.8, 4) is 0 Å². The summed E-state index contributed by atoms with van der Waals surface area (Å²) in [6, 6.07) is 19.3. The quantitative estimate of drug-likeness (QED) is 0.393. The molecule has 7 heteroatoms. The van der Waals surface area contributed by atoms with Gasteiger partial charge < -0.3 is 10.3 Å². The van der Waals surface area contributed by atoms with Crippen molar-refractivity contribution in [3.63, 3.8) is 0 Å². The van der Waals surface area contributed by atoms with Crippen molar-refractivity contribution in [3.05, 3.63) is 110 Å². The SMILES string of the molecule is O=C(NC(c1ccccc1)c1c[nH]c2cc(Cl)ccc2c1=O)c1ccc2scnc2c1. The molecule has 5 nitrogen and oxygen atoms in total. The molecule has 0 aliphatic rings. The number of aromatic amines is 1. The highest BCUT2D eigenvalue weighted by molar-refractivity contribution is 7.16. The van der Waals surface area contributed by atoms with E-state index in [-0.39, 0.29) is 11.3 Å². The lowest BCUT2D eigenvalue weighted by atomic mass is 9.97. The highest BCUT2D eigenvalue weighted by Crippen LogP contribution is 2.24. The van der Waals surface area contributed by atoms with E-state index in [4.69, 9.17) is 11.6 Å². The lowest BCUT2D eigenvalue weighted by molar-refractivity contribution is 0.0943. The van der Waals surface area contributed by atoms with Crippen LogP contribution in [0.2, 0.25) is 5.02 Å². The average molecular weight is 446 g/mol. The van der Waals surface area contributed by atoms with E-state index < -0.39 is 6.04 Å². The Morgan fingerprint density at radius 3 is 2.74 bits per heavy atom. The molecular weight excluding hydrogens is 430 g/mol. The molecular formula is C24H16ClN3O2S. The third-order valence-electron chi connectivity index (χ3n) is 5.18. The number of benzene rings is 3. The third-order valence-corrected chi connectivity index (χ3v) is 6.23. The van der Waals surface area contributed by atoms with Gasteiger partial charge in [-0.15, -0.1) is 11.3 Å². The molecule has 1 unspecified atom stereocenters. The second kappa shape index (κ2) is 7.98. The highest BCUT2D eigenvalue weighted by Gasteiger charge is 2.22. The molecule has 1 amide bonds. The monoisotopic (exact) mass is 445 g/mol. The molecule has 0 aliphatic heterocycles. The van der Waals surface area contributed by atoms with Crippen LogP contribution in [-0.4, -0.2) is 15.9 Å². The van der Waals surface area contributed by atoms with Crippen molar-refractivity contribution in [1.29, 1.82) is 0 Å². The molecule has 0 fully saturated rings. The van der Waals surface area contributed by atoms with Gasteiger partial charge in [0.2, 0.25) is 0 Å². The number of carbonyl (C=O) groups excluding carboxylic acids is 1. The fourth-order valence-electron chi connectivity index (χ4n) is 3.62. The number of aromatic nitrogens is 2. The highest BCUT2D eigenvalue weighted by atomic mass is 35.5. The molecule has 1 atom stereocenters. The number of halogens is 1.